The number of phenols is 1. The van der Waals surface area contributed by atoms with Gasteiger partial charge >= 0.3 is 5.97 Å². The molecule has 0 saturated heterocycles. The number of carbonyl (C=O) groups is 9. The molecular weight excluding hydrogens is 1220 g/mol. The summed E-state index contributed by atoms with van der Waals surface area (Å²) in [6.45, 7) is 6.68. The van der Waals surface area contributed by atoms with E-state index in [0.717, 1.165) is 76.2 Å². The number of benzene rings is 1. The first kappa shape index (κ1) is 85.2. The molecule has 12 N–H and O–H groups in total. The van der Waals surface area contributed by atoms with Crippen molar-refractivity contribution in [3.8, 4) is 5.75 Å². The van der Waals surface area contributed by atoms with Crippen molar-refractivity contribution < 1.29 is 80.5 Å². The first-order chi connectivity index (χ1) is 44.4. The minimum Gasteiger partial charge on any atom is -0.508 e. The van der Waals surface area contributed by atoms with Crippen LogP contribution in [0.15, 0.2) is 24.3 Å². The SMILES string of the molecule is CC(C)CC(=O)CN[C@@H](CCCCNC(=O)CCC(=O)CCCCOCCOCCOCCCNC(=O)CC[C@H](NC(=O)CCCCCCCCCCCCCCCS(=O)(=O)O)C(=O)O)C(=O)CN(C)[C@@H](CCCCC(=N)N)C(=O)C[C@@H](Cc1ccc(O)cc1)C(N)=O. The average Bonchev–Trinajstić information content (AvgIpc) is 1.19. The quantitative estimate of drug-likeness (QED) is 0.0136. The summed E-state index contributed by atoms with van der Waals surface area (Å²) in [7, 11) is -2.19. The molecule has 0 heterocycles. The topological polar surface area (TPSA) is 403 Å². The lowest BCUT2D eigenvalue weighted by Gasteiger charge is -2.29. The van der Waals surface area contributed by atoms with Crippen LogP contribution < -0.4 is 32.7 Å². The molecule has 0 radical (unpaired) electrons. The molecule has 25 nitrogen and oxygen atoms in total. The van der Waals surface area contributed by atoms with Crippen molar-refractivity contribution in [1.82, 2.24) is 26.2 Å². The molecule has 1 aromatic rings. The Labute approximate surface area is 553 Å². The van der Waals surface area contributed by atoms with Gasteiger partial charge in [-0.2, -0.15) is 8.42 Å². The van der Waals surface area contributed by atoms with E-state index in [1.54, 1.807) is 24.1 Å². The van der Waals surface area contributed by atoms with Gasteiger partial charge in [-0.25, -0.2) is 4.79 Å². The highest BCUT2D eigenvalue weighted by Crippen LogP contribution is 2.21. The maximum atomic E-state index is 14.0. The number of likely N-dealkylation sites (N-methyl/N-ethyl adjacent to an activating group) is 1. The Bertz CT molecular complexity index is 2430. The summed E-state index contributed by atoms with van der Waals surface area (Å²) in [5.41, 5.74) is 12.0. The number of Topliss-reactive ketones (excluding diaryl/α,β-unsaturated/α-hetero) is 4. The monoisotopic (exact) mass is 1340 g/mol. The number of carboxylic acids is 1. The number of aromatic hydroxyl groups is 1. The zero-order valence-electron chi connectivity index (χ0n) is 56.2. The van der Waals surface area contributed by atoms with E-state index in [1.807, 2.05) is 13.8 Å². The highest BCUT2D eigenvalue weighted by Gasteiger charge is 2.31. The average molecular weight is 1340 g/mol. The van der Waals surface area contributed by atoms with Gasteiger partial charge in [-0.15, -0.1) is 0 Å². The van der Waals surface area contributed by atoms with Crippen molar-refractivity contribution in [3.05, 3.63) is 29.8 Å². The van der Waals surface area contributed by atoms with Gasteiger partial charge in [-0.1, -0.05) is 103 Å². The Hall–Kier alpha value is -5.77. The van der Waals surface area contributed by atoms with Crippen molar-refractivity contribution in [2.45, 2.75) is 237 Å². The van der Waals surface area contributed by atoms with Crippen molar-refractivity contribution in [3.63, 3.8) is 0 Å². The van der Waals surface area contributed by atoms with Gasteiger partial charge in [0.05, 0.1) is 63.2 Å². The molecule has 0 unspecified atom stereocenters. The summed E-state index contributed by atoms with van der Waals surface area (Å²) in [5, 5.41) is 38.2. The first-order valence-electron chi connectivity index (χ1n) is 34.0. The predicted octanol–water partition coefficient (Wildman–Crippen LogP) is 7.00. The van der Waals surface area contributed by atoms with Crippen LogP contribution in [0.3, 0.4) is 0 Å². The fraction of sp³-hybridized carbons (Fsp3) is 0.761. The number of hydrogen-bond donors (Lipinski definition) is 10. The van der Waals surface area contributed by atoms with E-state index in [0.29, 0.717) is 143 Å². The van der Waals surface area contributed by atoms with Gasteiger partial charge < -0.3 is 57.2 Å². The van der Waals surface area contributed by atoms with E-state index in [2.05, 4.69) is 21.3 Å². The van der Waals surface area contributed by atoms with Crippen LogP contribution in [0, 0.1) is 17.2 Å². The van der Waals surface area contributed by atoms with Crippen LogP contribution in [-0.4, -0.2) is 183 Å². The normalized spacial score (nSPS) is 12.9. The Morgan fingerprint density at radius 2 is 1.09 bits per heavy atom. The Balaban J connectivity index is 2.25. The predicted molar refractivity (Wildman–Crippen MR) is 357 cm³/mol. The summed E-state index contributed by atoms with van der Waals surface area (Å²) in [4.78, 5) is 117. The number of carboxylic acid groups (broad SMARTS) is 1. The standard InChI is InChI=1S/C67H116N8O17S/c1-51(2)46-56(78)49-73-57(61(80)50-75(3)59(26-16-17-27-62(68)69)60(79)48-53(66(70)84)47-52-29-31-55(77)32-30-52)25-18-20-37-71-63(81)35-33-54(76)24-19-21-39-90-41-43-92-44-42-91-40-23-38-72-64(82)36-34-58(67(85)86)74-65(83)28-15-13-11-9-7-5-4-6-8-10-12-14-22-45-93(87,88)89/h29-32,51,53,57-59,73,77H,4-28,33-50H2,1-3H3,(H3,68,69)(H2,70,84)(H,71,81)(H,72,82)(H,74,83)(H,85,86)(H,87,88,89)/t53-,57+,58+,59+/m1/s1. The van der Waals surface area contributed by atoms with Crippen LogP contribution in [0.2, 0.25) is 0 Å². The second-order valence-corrected chi connectivity index (χ2v) is 26.5. The van der Waals surface area contributed by atoms with E-state index < -0.39 is 46.0 Å². The van der Waals surface area contributed by atoms with Gasteiger partial charge in [0.25, 0.3) is 10.1 Å². The summed E-state index contributed by atoms with van der Waals surface area (Å²) in [6, 6.07) is 3.69. The second-order valence-electron chi connectivity index (χ2n) is 24.9. The van der Waals surface area contributed by atoms with E-state index in [-0.39, 0.29) is 122 Å². The second kappa shape index (κ2) is 53.5. The fourth-order valence-electron chi connectivity index (χ4n) is 10.5. The molecule has 1 rings (SSSR count). The lowest BCUT2D eigenvalue weighted by Crippen LogP contribution is -2.48. The Morgan fingerprint density at radius 3 is 1.66 bits per heavy atom. The number of amides is 4. The van der Waals surface area contributed by atoms with Crippen LogP contribution in [0.4, 0.5) is 0 Å². The van der Waals surface area contributed by atoms with Gasteiger partial charge in [0.2, 0.25) is 23.6 Å². The number of hydrogen-bond acceptors (Lipinski definition) is 18. The van der Waals surface area contributed by atoms with E-state index >= 15 is 0 Å². The lowest BCUT2D eigenvalue weighted by molar-refractivity contribution is -0.142. The number of nitrogens with zero attached hydrogens (tertiary/aromatic N) is 1. The van der Waals surface area contributed by atoms with Crippen LogP contribution in [0.25, 0.3) is 0 Å². The summed E-state index contributed by atoms with van der Waals surface area (Å²) >= 11 is 0. The fourth-order valence-corrected chi connectivity index (χ4v) is 11.1. The highest BCUT2D eigenvalue weighted by molar-refractivity contribution is 7.85. The van der Waals surface area contributed by atoms with Gasteiger partial charge in [0, 0.05) is 83.6 Å². The molecule has 0 bridgehead atoms. The van der Waals surface area contributed by atoms with Crippen molar-refractivity contribution in [2.24, 2.45) is 23.3 Å². The molecule has 0 aromatic heterocycles. The number of amidine groups is 1. The minimum absolute atomic E-state index is 0.00910. The lowest BCUT2D eigenvalue weighted by atomic mass is 9.89. The Kier molecular flexibility index (Phi) is 49.0. The Morgan fingerprint density at radius 1 is 0.559 bits per heavy atom. The largest absolute Gasteiger partial charge is 0.508 e. The molecule has 93 heavy (non-hydrogen) atoms. The van der Waals surface area contributed by atoms with Crippen LogP contribution in [-0.2, 0) is 73.9 Å². The van der Waals surface area contributed by atoms with Gasteiger partial charge in [-0.05, 0) is 108 Å². The number of aliphatic carboxylic acids is 1. The highest BCUT2D eigenvalue weighted by atomic mass is 32.2. The molecule has 26 heteroatoms. The number of rotatable bonds is 64. The van der Waals surface area contributed by atoms with Crippen LogP contribution in [0.5, 0.6) is 5.75 Å². The van der Waals surface area contributed by atoms with Gasteiger partial charge in [0.15, 0.2) is 11.6 Å². The summed E-state index contributed by atoms with van der Waals surface area (Å²) < 4.78 is 47.0. The number of nitrogens with two attached hydrogens (primary N) is 2. The molecular formula is C67H116N8O17S. The maximum absolute atomic E-state index is 14.0. The molecule has 1 aromatic carbocycles. The third-order valence-electron chi connectivity index (χ3n) is 15.8. The summed E-state index contributed by atoms with van der Waals surface area (Å²) in [6.07, 6.45) is 18.7. The number of nitrogens with one attached hydrogen (secondary N) is 5. The number of phenolic OH excluding ortho intramolecular Hbond substituents is 1. The third kappa shape index (κ3) is 49.4. The zero-order chi connectivity index (χ0) is 69.1. The van der Waals surface area contributed by atoms with Gasteiger partial charge in [0.1, 0.15) is 23.4 Å². The van der Waals surface area contributed by atoms with Crippen LogP contribution >= 0.6 is 0 Å². The first-order valence-corrected chi connectivity index (χ1v) is 35.6. The van der Waals surface area contributed by atoms with Crippen molar-refractivity contribution in [1.29, 1.82) is 5.41 Å². The number of ether oxygens (including phenoxy) is 3. The van der Waals surface area contributed by atoms with E-state index in [9.17, 15) is 61.8 Å². The number of carbonyl (C=O) groups excluding carboxylic acids is 8. The van der Waals surface area contributed by atoms with E-state index in [1.165, 1.54) is 12.1 Å². The van der Waals surface area contributed by atoms with Crippen molar-refractivity contribution in [2.75, 3.05) is 78.6 Å². The molecule has 4 atom stereocenters. The van der Waals surface area contributed by atoms with Crippen molar-refractivity contribution >= 4 is 68.7 Å². The molecule has 0 spiro atoms. The van der Waals surface area contributed by atoms with Gasteiger partial charge in [-0.3, -0.25) is 53.2 Å². The molecule has 532 valence electrons. The van der Waals surface area contributed by atoms with Crippen LogP contribution in [0.1, 0.15) is 218 Å². The maximum Gasteiger partial charge on any atom is 0.326 e. The minimum atomic E-state index is -3.86. The number of ketones is 4. The number of primary amides is 1. The molecule has 4 amide bonds. The third-order valence-corrected chi connectivity index (χ3v) is 16.6. The molecule has 0 saturated carbocycles. The molecule has 0 aliphatic heterocycles. The molecule has 0 aliphatic rings. The molecule has 0 fully saturated rings. The number of unbranched alkanes of at least 4 members (excludes halogenated alkanes) is 15. The summed E-state index contributed by atoms with van der Waals surface area (Å²) in [5.74, 6) is -4.07. The molecule has 0 aliphatic carbocycles. The van der Waals surface area contributed by atoms with E-state index in [4.69, 9.17) is 35.6 Å². The smallest absolute Gasteiger partial charge is 0.326 e. The zero-order valence-corrected chi connectivity index (χ0v) is 57.0.